The van der Waals surface area contributed by atoms with Crippen LogP contribution in [0.25, 0.3) is 33.3 Å². The molecule has 82 heavy (non-hydrogen) atoms. The Kier molecular flexibility index (Phi) is 16.4. The van der Waals surface area contributed by atoms with Crippen LogP contribution in [-0.4, -0.2) is 125 Å². The molecule has 3 aliphatic rings. The minimum Gasteiger partial charge on any atom is -0.491 e. The van der Waals surface area contributed by atoms with Gasteiger partial charge in [0.2, 0.25) is 0 Å². The summed E-state index contributed by atoms with van der Waals surface area (Å²) in [5.41, 5.74) is 15.6. The van der Waals surface area contributed by atoms with E-state index in [1.807, 2.05) is 84.0 Å². The molecule has 3 atom stereocenters. The Hall–Kier alpha value is -7.80. The first-order valence-electron chi connectivity index (χ1n) is 28.7. The molecule has 0 radical (unpaired) electrons. The molecule has 6 aromatic heterocycles. The SMILES string of the molecule is Cc1cc(C)c(CNC(=O)c2cc3c(-c4cccc(OCC5CN(C(C)c6c(C)c(C(=O)NCc7c(C)cc(C)[nH]c7=O)cc7c(-c8ccc(N9CCOCC9)cc8)ccn67)CCO5)c4)ccn3c(C(C)N3CCOCC3)c2C)c(=O)[nH]1. The fraction of sp³-hybridized carbons (Fsp3) is 0.385. The van der Waals surface area contributed by atoms with Crippen LogP contribution < -0.4 is 31.4 Å². The molecule has 2 aromatic carbocycles. The van der Waals surface area contributed by atoms with Crippen LogP contribution in [0.15, 0.2) is 107 Å². The highest BCUT2D eigenvalue weighted by molar-refractivity contribution is 5.99. The van der Waals surface area contributed by atoms with Crippen molar-refractivity contribution < 1.29 is 28.5 Å². The first-order valence-corrected chi connectivity index (χ1v) is 28.7. The first kappa shape index (κ1) is 56.1. The van der Waals surface area contributed by atoms with Crippen LogP contribution in [0.4, 0.5) is 5.69 Å². The summed E-state index contributed by atoms with van der Waals surface area (Å²) in [6, 6.07) is 28.5. The quantitative estimate of drug-likeness (QED) is 0.0728. The van der Waals surface area contributed by atoms with Crippen LogP contribution in [0.3, 0.4) is 0 Å². The number of anilines is 1. The number of benzene rings is 2. The number of nitrogens with zero attached hydrogens (tertiary/aromatic N) is 5. The molecule has 4 N–H and O–H groups in total. The van der Waals surface area contributed by atoms with Gasteiger partial charge in [-0.15, -0.1) is 0 Å². The molecule has 3 fully saturated rings. The Balaban J connectivity index is 0.850. The molecule has 0 saturated carbocycles. The Morgan fingerprint density at radius 1 is 0.610 bits per heavy atom. The van der Waals surface area contributed by atoms with Crippen molar-refractivity contribution in [2.75, 3.05) is 83.8 Å². The molecule has 17 heteroatoms. The van der Waals surface area contributed by atoms with Gasteiger partial charge in [-0.05, 0) is 149 Å². The van der Waals surface area contributed by atoms with Crippen molar-refractivity contribution >= 4 is 28.5 Å². The van der Waals surface area contributed by atoms with Crippen LogP contribution in [-0.2, 0) is 27.3 Å². The number of hydrogen-bond donors (Lipinski definition) is 4. The summed E-state index contributed by atoms with van der Waals surface area (Å²) >= 11 is 0. The zero-order chi connectivity index (χ0) is 57.3. The second kappa shape index (κ2) is 24.0. The van der Waals surface area contributed by atoms with Gasteiger partial charge in [-0.25, -0.2) is 0 Å². The van der Waals surface area contributed by atoms with Crippen LogP contribution in [0, 0.1) is 41.5 Å². The Morgan fingerprint density at radius 2 is 1.12 bits per heavy atom. The van der Waals surface area contributed by atoms with Crippen molar-refractivity contribution in [3.8, 4) is 28.0 Å². The first-order chi connectivity index (χ1) is 39.6. The van der Waals surface area contributed by atoms with Crippen LogP contribution in [0.2, 0.25) is 0 Å². The molecule has 0 spiro atoms. The number of carbonyl (C=O) groups excluding carboxylic acids is 2. The summed E-state index contributed by atoms with van der Waals surface area (Å²) < 4.78 is 28.8. The number of amides is 2. The van der Waals surface area contributed by atoms with E-state index in [2.05, 4.69) is 113 Å². The summed E-state index contributed by atoms with van der Waals surface area (Å²) in [5, 5.41) is 6.18. The van der Waals surface area contributed by atoms with Crippen molar-refractivity contribution in [2.24, 2.45) is 0 Å². The molecule has 8 aromatic rings. The number of rotatable bonds is 16. The Labute approximate surface area is 478 Å². The van der Waals surface area contributed by atoms with Crippen LogP contribution in [0.5, 0.6) is 5.75 Å². The molecule has 3 aliphatic heterocycles. The molecule has 428 valence electrons. The number of aromatic amines is 2. The second-order valence-electron chi connectivity index (χ2n) is 22.3. The molecule has 11 rings (SSSR count). The highest BCUT2D eigenvalue weighted by Crippen LogP contribution is 2.37. The van der Waals surface area contributed by atoms with E-state index in [0.29, 0.717) is 80.7 Å². The van der Waals surface area contributed by atoms with Gasteiger partial charge in [0.25, 0.3) is 22.9 Å². The molecular formula is C65H75N9O8. The van der Waals surface area contributed by atoms with Gasteiger partial charge in [0, 0.05) is 139 Å². The summed E-state index contributed by atoms with van der Waals surface area (Å²) in [4.78, 5) is 67.7. The van der Waals surface area contributed by atoms with Crippen molar-refractivity contribution in [1.29, 1.82) is 0 Å². The van der Waals surface area contributed by atoms with Crippen molar-refractivity contribution in [1.82, 2.24) is 39.2 Å². The average Bonchev–Trinajstić information content (AvgIpc) is 4.16. The summed E-state index contributed by atoms with van der Waals surface area (Å²) in [7, 11) is 0. The lowest BCUT2D eigenvalue weighted by Crippen LogP contribution is -2.46. The van der Waals surface area contributed by atoms with E-state index < -0.39 is 0 Å². The number of nitrogens with one attached hydrogen (secondary N) is 4. The van der Waals surface area contributed by atoms with Gasteiger partial charge >= 0.3 is 0 Å². The molecule has 0 aliphatic carbocycles. The lowest BCUT2D eigenvalue weighted by atomic mass is 9.98. The monoisotopic (exact) mass is 1110 g/mol. The number of aromatic nitrogens is 4. The van der Waals surface area contributed by atoms with Gasteiger partial charge in [-0.1, -0.05) is 24.3 Å². The van der Waals surface area contributed by atoms with Crippen molar-refractivity contribution in [3.63, 3.8) is 0 Å². The molecular weight excluding hydrogens is 1030 g/mol. The lowest BCUT2D eigenvalue weighted by Gasteiger charge is -2.37. The maximum Gasteiger partial charge on any atom is 0.253 e. The third kappa shape index (κ3) is 11.4. The minimum absolute atomic E-state index is 0.0240. The summed E-state index contributed by atoms with van der Waals surface area (Å²) in [6.07, 6.45) is 3.94. The average molecular weight is 1110 g/mol. The van der Waals surface area contributed by atoms with E-state index >= 15 is 0 Å². The Bertz CT molecular complexity index is 3810. The predicted octanol–water partition coefficient (Wildman–Crippen LogP) is 8.68. The predicted molar refractivity (Wildman–Crippen MR) is 320 cm³/mol. The van der Waals surface area contributed by atoms with E-state index in [9.17, 15) is 19.2 Å². The lowest BCUT2D eigenvalue weighted by molar-refractivity contribution is -0.0595. The van der Waals surface area contributed by atoms with Gasteiger partial charge in [-0.3, -0.25) is 29.0 Å². The number of fused-ring (bicyclic) bond motifs is 2. The number of hydrogen-bond acceptors (Lipinski definition) is 11. The topological polar surface area (TPSA) is 179 Å². The van der Waals surface area contributed by atoms with Gasteiger partial charge in [0.15, 0.2) is 0 Å². The molecule has 2 amide bonds. The van der Waals surface area contributed by atoms with E-state index in [1.54, 1.807) is 0 Å². The van der Waals surface area contributed by atoms with Gasteiger partial charge in [-0.2, -0.15) is 0 Å². The maximum absolute atomic E-state index is 14.5. The molecule has 9 heterocycles. The van der Waals surface area contributed by atoms with E-state index in [-0.39, 0.29) is 54.2 Å². The van der Waals surface area contributed by atoms with E-state index in [0.717, 1.165) is 110 Å². The fourth-order valence-electron chi connectivity index (χ4n) is 12.6. The summed E-state index contributed by atoms with van der Waals surface area (Å²) in [6.45, 7) is 24.1. The maximum atomic E-state index is 14.5. The number of morpholine rings is 3. The van der Waals surface area contributed by atoms with E-state index in [1.165, 1.54) is 0 Å². The zero-order valence-corrected chi connectivity index (χ0v) is 48.4. The largest absolute Gasteiger partial charge is 0.491 e. The molecule has 0 bridgehead atoms. The molecule has 3 unspecified atom stereocenters. The zero-order valence-electron chi connectivity index (χ0n) is 48.4. The van der Waals surface area contributed by atoms with Crippen LogP contribution >= 0.6 is 0 Å². The van der Waals surface area contributed by atoms with Crippen molar-refractivity contribution in [3.05, 3.63) is 185 Å². The minimum atomic E-state index is -0.258. The third-order valence-electron chi connectivity index (χ3n) is 17.1. The highest BCUT2D eigenvalue weighted by atomic mass is 16.5. The smallest absolute Gasteiger partial charge is 0.253 e. The van der Waals surface area contributed by atoms with E-state index in [4.69, 9.17) is 18.9 Å². The second-order valence-corrected chi connectivity index (χ2v) is 22.3. The standard InChI is InChI=1S/C65H75N9O8/c1-39-30-41(3)68-64(77)56(39)35-66-62(75)54-33-58-52(47-12-14-49(15-13-47)71-22-27-80-28-23-71)16-18-73(58)61(44(54)6)46(8)72-24-29-81-51(37-72)38-82-50-11-9-10-48(32-50)53-17-19-74-59(53)34-55(43(5)60(74)45(7)70-20-25-79-26-21-70)63(76)67-36-57-40(2)31-42(4)69-65(57)78/h9-19,30-34,45-46,51H,20-29,35-38H2,1-8H3,(H,66,75)(H,67,76)(H,68,77)(H,69,78). The molecule has 3 saturated heterocycles. The Morgan fingerprint density at radius 3 is 1.67 bits per heavy atom. The van der Waals surface area contributed by atoms with Crippen LogP contribution in [0.1, 0.15) is 103 Å². The van der Waals surface area contributed by atoms with Gasteiger partial charge < -0.3 is 53.3 Å². The third-order valence-corrected chi connectivity index (χ3v) is 17.1. The fourth-order valence-corrected chi connectivity index (χ4v) is 12.6. The van der Waals surface area contributed by atoms with Gasteiger partial charge in [0.1, 0.15) is 18.5 Å². The van der Waals surface area contributed by atoms with Gasteiger partial charge in [0.05, 0.1) is 44.1 Å². The number of aryl methyl sites for hydroxylation is 4. The molecule has 17 nitrogen and oxygen atoms in total. The number of H-pyrrole nitrogens is 2. The van der Waals surface area contributed by atoms with Crippen molar-refractivity contribution in [2.45, 2.75) is 86.7 Å². The number of pyridine rings is 4. The number of carbonyl (C=O) groups is 2. The highest BCUT2D eigenvalue weighted by Gasteiger charge is 2.31. The normalized spacial score (nSPS) is 17.1. The summed E-state index contributed by atoms with van der Waals surface area (Å²) in [5.74, 6) is 0.186. The number of ether oxygens (including phenoxy) is 4.